The van der Waals surface area contributed by atoms with Gasteiger partial charge in [0, 0.05) is 24.8 Å². The van der Waals surface area contributed by atoms with Gasteiger partial charge in [0.25, 0.3) is 0 Å². The normalized spacial score (nSPS) is 13.9. The summed E-state index contributed by atoms with van der Waals surface area (Å²) in [4.78, 5) is 1.38. The van der Waals surface area contributed by atoms with Crippen LogP contribution in [0, 0.1) is 5.82 Å². The van der Waals surface area contributed by atoms with Crippen molar-refractivity contribution in [1.82, 2.24) is 9.21 Å². The summed E-state index contributed by atoms with van der Waals surface area (Å²) in [5.74, 6) is -0.971. The van der Waals surface area contributed by atoms with E-state index < -0.39 is 20.7 Å². The topological polar surface area (TPSA) is 66.6 Å². The second kappa shape index (κ2) is 6.91. The van der Waals surface area contributed by atoms with Crippen molar-refractivity contribution >= 4 is 27.3 Å². The van der Waals surface area contributed by atoms with E-state index in [9.17, 15) is 12.8 Å². The maximum atomic E-state index is 14.1. The van der Waals surface area contributed by atoms with Crippen molar-refractivity contribution in [3.05, 3.63) is 23.0 Å². The third-order valence-corrected chi connectivity index (χ3v) is 5.40. The first kappa shape index (κ1) is 18.2. The second-order valence-electron chi connectivity index (χ2n) is 5.13. The summed E-state index contributed by atoms with van der Waals surface area (Å²) in [5.41, 5.74) is 5.69. The largest absolute Gasteiger partial charge is 0.399 e. The lowest BCUT2D eigenvalue weighted by molar-refractivity contribution is 0.271. The standard InChI is InChI=1S/C13H21ClFN3O2S/c1-5-18(9(2)8-17(3)4)21(19,20)12-7-10(16)6-11(14)13(12)15/h6-7,9H,5,8,16H2,1-4H3. The average Bonchev–Trinajstić information content (AvgIpc) is 2.32. The second-order valence-corrected chi connectivity index (χ2v) is 7.40. The van der Waals surface area contributed by atoms with E-state index in [1.165, 1.54) is 10.4 Å². The van der Waals surface area contributed by atoms with Crippen molar-refractivity contribution < 1.29 is 12.8 Å². The lowest BCUT2D eigenvalue weighted by Crippen LogP contribution is -2.43. The molecule has 0 aromatic heterocycles. The predicted octanol–water partition coefficient (Wildman–Crippen LogP) is 2.02. The highest BCUT2D eigenvalue weighted by molar-refractivity contribution is 7.89. The van der Waals surface area contributed by atoms with Crippen LogP contribution in [0.1, 0.15) is 13.8 Å². The molecule has 0 aliphatic heterocycles. The molecule has 0 fully saturated rings. The van der Waals surface area contributed by atoms with E-state index in [2.05, 4.69) is 0 Å². The smallest absolute Gasteiger partial charge is 0.246 e. The van der Waals surface area contributed by atoms with Crippen molar-refractivity contribution in [2.24, 2.45) is 0 Å². The fourth-order valence-corrected chi connectivity index (χ4v) is 4.27. The summed E-state index contributed by atoms with van der Waals surface area (Å²) < 4.78 is 40.7. The molecule has 5 nitrogen and oxygen atoms in total. The van der Waals surface area contributed by atoms with Crippen LogP contribution in [0.3, 0.4) is 0 Å². The quantitative estimate of drug-likeness (QED) is 0.806. The zero-order valence-corrected chi connectivity index (χ0v) is 14.2. The summed E-state index contributed by atoms with van der Waals surface area (Å²) in [5, 5.41) is -0.301. The van der Waals surface area contributed by atoms with E-state index in [1.807, 2.05) is 19.0 Å². The fraction of sp³-hybridized carbons (Fsp3) is 0.538. The molecule has 0 aliphatic carbocycles. The molecule has 1 aromatic rings. The molecule has 8 heteroatoms. The maximum absolute atomic E-state index is 14.1. The van der Waals surface area contributed by atoms with Gasteiger partial charge in [-0.25, -0.2) is 12.8 Å². The fourth-order valence-electron chi connectivity index (χ4n) is 2.24. The number of nitrogens with two attached hydrogens (primary N) is 1. The molecular weight excluding hydrogens is 317 g/mol. The first-order valence-corrected chi connectivity index (χ1v) is 8.34. The van der Waals surface area contributed by atoms with Gasteiger partial charge in [-0.05, 0) is 33.2 Å². The maximum Gasteiger partial charge on any atom is 0.246 e. The lowest BCUT2D eigenvalue weighted by Gasteiger charge is -2.29. The number of nitrogens with zero attached hydrogens (tertiary/aromatic N) is 2. The number of benzene rings is 1. The van der Waals surface area contributed by atoms with E-state index >= 15 is 0 Å². The monoisotopic (exact) mass is 337 g/mol. The van der Waals surface area contributed by atoms with Gasteiger partial charge in [-0.1, -0.05) is 18.5 Å². The molecular formula is C13H21ClFN3O2S. The van der Waals surface area contributed by atoms with Gasteiger partial charge in [-0.2, -0.15) is 4.31 Å². The Labute approximate surface area is 130 Å². The van der Waals surface area contributed by atoms with Crippen LogP contribution in [0.15, 0.2) is 17.0 Å². The van der Waals surface area contributed by atoms with Crippen LogP contribution < -0.4 is 5.73 Å². The summed E-state index contributed by atoms with van der Waals surface area (Å²) in [6.45, 7) is 4.22. The number of anilines is 1. The minimum Gasteiger partial charge on any atom is -0.399 e. The number of sulfonamides is 1. The molecule has 1 rings (SSSR count). The number of hydrogen-bond acceptors (Lipinski definition) is 4. The third kappa shape index (κ3) is 4.06. The van der Waals surface area contributed by atoms with Crippen LogP contribution in [0.5, 0.6) is 0 Å². The van der Waals surface area contributed by atoms with Crippen molar-refractivity contribution in [3.8, 4) is 0 Å². The van der Waals surface area contributed by atoms with Gasteiger partial charge in [-0.3, -0.25) is 0 Å². The molecule has 2 N–H and O–H groups in total. The van der Waals surface area contributed by atoms with Crippen molar-refractivity contribution in [2.45, 2.75) is 24.8 Å². The summed E-state index contributed by atoms with van der Waals surface area (Å²) in [7, 11) is -0.320. The Morgan fingerprint density at radius 3 is 2.43 bits per heavy atom. The number of nitrogen functional groups attached to an aromatic ring is 1. The number of likely N-dealkylation sites (N-methyl/N-ethyl adjacent to an activating group) is 2. The number of rotatable bonds is 6. The lowest BCUT2D eigenvalue weighted by atomic mass is 10.3. The summed E-state index contributed by atoms with van der Waals surface area (Å²) in [6, 6.07) is 1.98. The van der Waals surface area contributed by atoms with Crippen LogP contribution in [0.2, 0.25) is 5.02 Å². The molecule has 0 radical (unpaired) electrons. The third-order valence-electron chi connectivity index (χ3n) is 3.04. The van der Waals surface area contributed by atoms with Crippen LogP contribution >= 0.6 is 11.6 Å². The zero-order valence-electron chi connectivity index (χ0n) is 12.6. The molecule has 120 valence electrons. The highest BCUT2D eigenvalue weighted by Gasteiger charge is 2.31. The molecule has 1 aromatic carbocycles. The molecule has 0 spiro atoms. The number of hydrogen-bond donors (Lipinski definition) is 1. The van der Waals surface area contributed by atoms with Crippen molar-refractivity contribution in [3.63, 3.8) is 0 Å². The summed E-state index contributed by atoms with van der Waals surface area (Å²) in [6.07, 6.45) is 0. The molecule has 0 saturated carbocycles. The first-order chi connectivity index (χ1) is 9.61. The Morgan fingerprint density at radius 1 is 1.38 bits per heavy atom. The Bertz CT molecular complexity index is 608. The van der Waals surface area contributed by atoms with Crippen molar-refractivity contribution in [2.75, 3.05) is 32.9 Å². The van der Waals surface area contributed by atoms with Gasteiger partial charge in [0.15, 0.2) is 5.82 Å². The van der Waals surface area contributed by atoms with Gasteiger partial charge in [0.2, 0.25) is 10.0 Å². The van der Waals surface area contributed by atoms with E-state index in [4.69, 9.17) is 17.3 Å². The SMILES string of the molecule is CCN(C(C)CN(C)C)S(=O)(=O)c1cc(N)cc(Cl)c1F. The van der Waals surface area contributed by atoms with E-state index in [1.54, 1.807) is 13.8 Å². The summed E-state index contributed by atoms with van der Waals surface area (Å²) >= 11 is 5.69. The highest BCUT2D eigenvalue weighted by Crippen LogP contribution is 2.28. The first-order valence-electron chi connectivity index (χ1n) is 6.52. The Hall–Kier alpha value is -0.890. The van der Waals surface area contributed by atoms with Crippen LogP contribution in [0.4, 0.5) is 10.1 Å². The molecule has 1 unspecified atom stereocenters. The van der Waals surface area contributed by atoms with E-state index in [-0.39, 0.29) is 23.3 Å². The van der Waals surface area contributed by atoms with Gasteiger partial charge < -0.3 is 10.6 Å². The Balaban J connectivity index is 3.32. The molecule has 0 saturated heterocycles. The average molecular weight is 338 g/mol. The number of halogens is 2. The molecule has 0 bridgehead atoms. The predicted molar refractivity (Wildman–Crippen MR) is 83.4 cm³/mol. The molecule has 0 heterocycles. The Morgan fingerprint density at radius 2 is 1.95 bits per heavy atom. The molecule has 1 atom stereocenters. The zero-order chi connectivity index (χ0) is 16.4. The molecule has 0 amide bonds. The van der Waals surface area contributed by atoms with E-state index in [0.717, 1.165) is 6.07 Å². The highest BCUT2D eigenvalue weighted by atomic mass is 35.5. The van der Waals surface area contributed by atoms with E-state index in [0.29, 0.717) is 6.54 Å². The van der Waals surface area contributed by atoms with Crippen LogP contribution in [-0.2, 0) is 10.0 Å². The van der Waals surface area contributed by atoms with Crippen LogP contribution in [0.25, 0.3) is 0 Å². The minimum atomic E-state index is -4.00. The molecule has 0 aliphatic rings. The van der Waals surface area contributed by atoms with Gasteiger partial charge in [-0.15, -0.1) is 0 Å². The van der Waals surface area contributed by atoms with Gasteiger partial charge in [0.1, 0.15) is 4.90 Å². The van der Waals surface area contributed by atoms with Gasteiger partial charge in [0.05, 0.1) is 5.02 Å². The van der Waals surface area contributed by atoms with Crippen LogP contribution in [-0.4, -0.2) is 50.8 Å². The minimum absolute atomic E-state index is 0.108. The van der Waals surface area contributed by atoms with Gasteiger partial charge >= 0.3 is 0 Å². The van der Waals surface area contributed by atoms with Crippen molar-refractivity contribution in [1.29, 1.82) is 0 Å². The molecule has 21 heavy (non-hydrogen) atoms. The Kier molecular flexibility index (Phi) is 5.98.